The summed E-state index contributed by atoms with van der Waals surface area (Å²) in [5.74, 6) is 1.12. The lowest BCUT2D eigenvalue weighted by molar-refractivity contribution is 0.262. The maximum atomic E-state index is 15.0. The van der Waals surface area contributed by atoms with Crippen molar-refractivity contribution in [3.63, 3.8) is 0 Å². The van der Waals surface area contributed by atoms with Crippen LogP contribution in [-0.2, 0) is 7.05 Å². The molecule has 10 nitrogen and oxygen atoms in total. The summed E-state index contributed by atoms with van der Waals surface area (Å²) in [6.07, 6.45) is 6.86. The molecule has 0 saturated heterocycles. The van der Waals surface area contributed by atoms with Crippen molar-refractivity contribution in [2.45, 2.75) is 19.8 Å². The lowest BCUT2D eigenvalue weighted by Crippen LogP contribution is -2.20. The first-order chi connectivity index (χ1) is 20.3. The molecular weight excluding hydrogens is 537 g/mol. The summed E-state index contributed by atoms with van der Waals surface area (Å²) in [6.45, 7) is 3.88. The number of amides is 2. The number of rotatable bonds is 7. The Bertz CT molecular complexity index is 1910. The predicted molar refractivity (Wildman–Crippen MR) is 157 cm³/mol. The van der Waals surface area contributed by atoms with E-state index in [2.05, 4.69) is 30.7 Å². The molecule has 0 aliphatic heterocycles. The van der Waals surface area contributed by atoms with Gasteiger partial charge >= 0.3 is 6.03 Å². The average molecular weight is 564 g/mol. The van der Waals surface area contributed by atoms with Crippen molar-refractivity contribution in [1.82, 2.24) is 24.7 Å². The van der Waals surface area contributed by atoms with Gasteiger partial charge in [-0.3, -0.25) is 20.0 Å². The number of ether oxygens (including phenoxy) is 1. The first-order valence-electron chi connectivity index (χ1n) is 13.2. The van der Waals surface area contributed by atoms with Crippen molar-refractivity contribution in [3.8, 4) is 34.1 Å². The Kier molecular flexibility index (Phi) is 7.05. The molecule has 4 aromatic heterocycles. The number of benzene rings is 2. The van der Waals surface area contributed by atoms with Crippen LogP contribution in [-0.4, -0.2) is 30.8 Å². The molecule has 4 heterocycles. The van der Waals surface area contributed by atoms with Gasteiger partial charge in [-0.2, -0.15) is 10.1 Å². The minimum absolute atomic E-state index is 0.0182. The standard InChI is InChI=1S/C31H26FN7O3/c1-18(2)30-37-29(28(42-30)20-6-8-25-19(13-20)5-4-11-33-25)38-31(40)36-26-9-7-22(14-24(26)32)41-23-10-12-34-27(15-23)21-16-35-39(3)17-21/h4-18H,1-3H3,(H2,36,38,40). The first-order valence-corrected chi connectivity index (χ1v) is 13.2. The lowest BCUT2D eigenvalue weighted by Gasteiger charge is -2.10. The van der Waals surface area contributed by atoms with E-state index in [1.165, 1.54) is 12.1 Å². The van der Waals surface area contributed by atoms with Gasteiger partial charge in [0.1, 0.15) is 17.3 Å². The van der Waals surface area contributed by atoms with Crippen molar-refractivity contribution in [2.75, 3.05) is 10.6 Å². The second kappa shape index (κ2) is 11.1. The summed E-state index contributed by atoms with van der Waals surface area (Å²) in [5.41, 5.74) is 3.02. The monoisotopic (exact) mass is 563 g/mol. The third kappa shape index (κ3) is 5.66. The van der Waals surface area contributed by atoms with Crippen LogP contribution in [0.25, 0.3) is 33.5 Å². The number of nitrogens with one attached hydrogen (secondary N) is 2. The van der Waals surface area contributed by atoms with Crippen LogP contribution in [0.1, 0.15) is 25.7 Å². The van der Waals surface area contributed by atoms with Crippen LogP contribution in [0.4, 0.5) is 20.7 Å². The first kappa shape index (κ1) is 26.6. The van der Waals surface area contributed by atoms with Crippen LogP contribution in [0, 0.1) is 5.82 Å². The molecule has 2 N–H and O–H groups in total. The molecule has 0 radical (unpaired) electrons. The second-order valence-corrected chi connectivity index (χ2v) is 9.90. The lowest BCUT2D eigenvalue weighted by atomic mass is 10.1. The fourth-order valence-electron chi connectivity index (χ4n) is 4.32. The summed E-state index contributed by atoms with van der Waals surface area (Å²) in [5, 5.41) is 10.3. The molecule has 210 valence electrons. The zero-order valence-electron chi connectivity index (χ0n) is 23.0. The zero-order chi connectivity index (χ0) is 29.2. The summed E-state index contributed by atoms with van der Waals surface area (Å²) >= 11 is 0. The summed E-state index contributed by atoms with van der Waals surface area (Å²) in [7, 11) is 1.82. The number of fused-ring (bicyclic) bond motifs is 1. The van der Waals surface area contributed by atoms with Gasteiger partial charge in [-0.25, -0.2) is 9.18 Å². The third-order valence-corrected chi connectivity index (χ3v) is 6.39. The Morgan fingerprint density at radius 2 is 1.83 bits per heavy atom. The highest BCUT2D eigenvalue weighted by atomic mass is 19.1. The number of carbonyl (C=O) groups excluding carboxylic acids is 1. The van der Waals surface area contributed by atoms with Crippen LogP contribution >= 0.6 is 0 Å². The largest absolute Gasteiger partial charge is 0.457 e. The maximum Gasteiger partial charge on any atom is 0.325 e. The molecule has 0 atom stereocenters. The molecular formula is C31H26FN7O3. The van der Waals surface area contributed by atoms with Gasteiger partial charge in [-0.05, 0) is 42.5 Å². The van der Waals surface area contributed by atoms with Gasteiger partial charge in [0.2, 0.25) is 0 Å². The van der Waals surface area contributed by atoms with Gasteiger partial charge in [-0.15, -0.1) is 0 Å². The Hall–Kier alpha value is -5.58. The number of aryl methyl sites for hydroxylation is 1. The third-order valence-electron chi connectivity index (χ3n) is 6.39. The number of carbonyl (C=O) groups is 1. The fraction of sp³-hybridized carbons (Fsp3) is 0.129. The van der Waals surface area contributed by atoms with E-state index in [-0.39, 0.29) is 23.2 Å². The number of aromatic nitrogens is 5. The average Bonchev–Trinajstić information content (AvgIpc) is 3.61. The molecule has 6 rings (SSSR count). The number of pyridine rings is 2. The molecule has 0 spiro atoms. The van der Waals surface area contributed by atoms with Gasteiger partial charge < -0.3 is 14.5 Å². The van der Waals surface area contributed by atoms with Crippen molar-refractivity contribution < 1.29 is 18.3 Å². The number of hydrogen-bond donors (Lipinski definition) is 2. The van der Waals surface area contributed by atoms with E-state index in [0.29, 0.717) is 23.1 Å². The minimum Gasteiger partial charge on any atom is -0.457 e. The number of urea groups is 1. The molecule has 2 amide bonds. The van der Waals surface area contributed by atoms with E-state index in [4.69, 9.17) is 9.15 Å². The Labute approximate surface area is 240 Å². The van der Waals surface area contributed by atoms with Crippen LogP contribution in [0.2, 0.25) is 0 Å². The topological polar surface area (TPSA) is 120 Å². The maximum absolute atomic E-state index is 15.0. The summed E-state index contributed by atoms with van der Waals surface area (Å²) in [6, 6.07) is 16.3. The molecule has 11 heteroatoms. The second-order valence-electron chi connectivity index (χ2n) is 9.90. The normalized spacial score (nSPS) is 11.2. The van der Waals surface area contributed by atoms with Gasteiger partial charge in [-0.1, -0.05) is 19.9 Å². The van der Waals surface area contributed by atoms with Crippen LogP contribution in [0.15, 0.2) is 89.9 Å². The summed E-state index contributed by atoms with van der Waals surface area (Å²) < 4.78 is 28.6. The molecule has 0 saturated carbocycles. The van der Waals surface area contributed by atoms with Crippen molar-refractivity contribution >= 4 is 28.4 Å². The molecule has 6 aromatic rings. The van der Waals surface area contributed by atoms with Crippen LogP contribution in [0.5, 0.6) is 11.5 Å². The van der Waals surface area contributed by atoms with Crippen LogP contribution < -0.4 is 15.4 Å². The molecule has 0 bridgehead atoms. The van der Waals surface area contributed by atoms with Crippen molar-refractivity contribution in [3.05, 3.63) is 97.2 Å². The van der Waals surface area contributed by atoms with E-state index in [9.17, 15) is 4.79 Å². The number of oxazole rings is 1. The van der Waals surface area contributed by atoms with Gasteiger partial charge in [0.25, 0.3) is 0 Å². The van der Waals surface area contributed by atoms with E-state index in [1.807, 2.05) is 57.4 Å². The highest BCUT2D eigenvalue weighted by Gasteiger charge is 2.20. The van der Waals surface area contributed by atoms with Gasteiger partial charge in [0.15, 0.2) is 17.5 Å². The summed E-state index contributed by atoms with van der Waals surface area (Å²) in [4.78, 5) is 26.1. The van der Waals surface area contributed by atoms with Crippen molar-refractivity contribution in [2.24, 2.45) is 7.05 Å². The predicted octanol–water partition coefficient (Wildman–Crippen LogP) is 7.38. The Balaban J connectivity index is 1.18. The van der Waals surface area contributed by atoms with E-state index in [1.54, 1.807) is 41.5 Å². The molecule has 0 aliphatic carbocycles. The molecule has 2 aromatic carbocycles. The fourth-order valence-corrected chi connectivity index (χ4v) is 4.32. The van der Waals surface area contributed by atoms with Crippen LogP contribution in [0.3, 0.4) is 0 Å². The number of halogens is 1. The number of nitrogens with zero attached hydrogens (tertiary/aromatic N) is 5. The SMILES string of the molecule is CC(C)c1nc(NC(=O)Nc2ccc(Oc3ccnc(-c4cnn(C)c4)c3)cc2F)c(-c2ccc3ncccc3c2)o1. The Morgan fingerprint density at radius 1 is 0.976 bits per heavy atom. The van der Waals surface area contributed by atoms with E-state index < -0.39 is 11.8 Å². The minimum atomic E-state index is -0.676. The highest BCUT2D eigenvalue weighted by molar-refractivity contribution is 6.01. The quantitative estimate of drug-likeness (QED) is 0.208. The zero-order valence-corrected chi connectivity index (χ0v) is 23.0. The molecule has 0 unspecified atom stereocenters. The molecule has 0 fully saturated rings. The Morgan fingerprint density at radius 3 is 2.62 bits per heavy atom. The number of anilines is 2. The number of hydrogen-bond acceptors (Lipinski definition) is 7. The van der Waals surface area contributed by atoms with E-state index >= 15 is 4.39 Å². The van der Waals surface area contributed by atoms with E-state index in [0.717, 1.165) is 22.0 Å². The van der Waals surface area contributed by atoms with Gasteiger partial charge in [0, 0.05) is 60.2 Å². The van der Waals surface area contributed by atoms with Gasteiger partial charge in [0.05, 0.1) is 23.1 Å². The molecule has 42 heavy (non-hydrogen) atoms. The highest BCUT2D eigenvalue weighted by Crippen LogP contribution is 2.34. The van der Waals surface area contributed by atoms with Crippen molar-refractivity contribution in [1.29, 1.82) is 0 Å². The smallest absolute Gasteiger partial charge is 0.325 e. The molecule has 0 aliphatic rings.